The lowest BCUT2D eigenvalue weighted by Gasteiger charge is -2.34. The summed E-state index contributed by atoms with van der Waals surface area (Å²) in [5, 5.41) is 8.63. The normalized spacial score (nSPS) is 17.0. The first kappa shape index (κ1) is 14.6. The predicted octanol–water partition coefficient (Wildman–Crippen LogP) is 3.89. The van der Waals surface area contributed by atoms with E-state index in [4.69, 9.17) is 5.26 Å². The lowest BCUT2D eigenvalue weighted by molar-refractivity contribution is -0.137. The van der Waals surface area contributed by atoms with Crippen LogP contribution in [0.2, 0.25) is 0 Å². The van der Waals surface area contributed by atoms with Gasteiger partial charge in [-0.2, -0.15) is 0 Å². The number of benzene rings is 2. The van der Waals surface area contributed by atoms with E-state index >= 15 is 0 Å². The highest BCUT2D eigenvalue weighted by Gasteiger charge is 2.26. The van der Waals surface area contributed by atoms with Crippen molar-refractivity contribution in [3.05, 3.63) is 48.0 Å². The molecule has 1 unspecified atom stereocenters. The van der Waals surface area contributed by atoms with Gasteiger partial charge in [-0.25, -0.2) is 5.26 Å². The van der Waals surface area contributed by atoms with Gasteiger partial charge in [-0.05, 0) is 60.7 Å². The van der Waals surface area contributed by atoms with E-state index in [0.29, 0.717) is 5.75 Å². The Kier molecular flexibility index (Phi) is 3.86. The van der Waals surface area contributed by atoms with Gasteiger partial charge in [0.1, 0.15) is 0 Å². The second-order valence-electron chi connectivity index (χ2n) is 5.74. The topological polar surface area (TPSA) is 49.8 Å². The number of aryl methyl sites for hydroxylation is 1. The smallest absolute Gasteiger partial charge is 0.224 e. The van der Waals surface area contributed by atoms with Crippen LogP contribution in [0.15, 0.2) is 42.5 Å². The maximum Gasteiger partial charge on any atom is 0.224 e. The lowest BCUT2D eigenvalue weighted by atomic mass is 9.93. The van der Waals surface area contributed by atoms with E-state index in [1.165, 1.54) is 5.56 Å². The average molecular weight is 297 g/mol. The number of fused-ring (bicyclic) bond motifs is 1. The molecule has 22 heavy (non-hydrogen) atoms. The van der Waals surface area contributed by atoms with Crippen molar-refractivity contribution in [2.75, 3.05) is 4.90 Å². The molecule has 1 atom stereocenters. The Morgan fingerprint density at radius 1 is 1.18 bits per heavy atom. The molecule has 0 aromatic heterocycles. The molecule has 3 rings (SSSR count). The third-order valence-corrected chi connectivity index (χ3v) is 4.24. The molecule has 4 heteroatoms. The highest BCUT2D eigenvalue weighted by atomic mass is 17.1. The molecule has 0 bridgehead atoms. The Hall–Kier alpha value is -2.33. The summed E-state index contributed by atoms with van der Waals surface area (Å²) in [5.74, 6) is 0.504. The monoisotopic (exact) mass is 297 g/mol. The van der Waals surface area contributed by atoms with E-state index in [1.54, 1.807) is 19.1 Å². The van der Waals surface area contributed by atoms with Crippen molar-refractivity contribution in [3.63, 3.8) is 0 Å². The second-order valence-corrected chi connectivity index (χ2v) is 5.74. The molecule has 1 N–H and O–H groups in total. The Bertz CT molecular complexity index is 694. The van der Waals surface area contributed by atoms with E-state index in [1.807, 2.05) is 29.2 Å². The zero-order valence-electron chi connectivity index (χ0n) is 12.7. The van der Waals surface area contributed by atoms with E-state index < -0.39 is 0 Å². The molecule has 1 amide bonds. The Morgan fingerprint density at radius 3 is 2.50 bits per heavy atom. The van der Waals surface area contributed by atoms with Crippen molar-refractivity contribution >= 4 is 11.6 Å². The Morgan fingerprint density at radius 2 is 1.86 bits per heavy atom. The van der Waals surface area contributed by atoms with Crippen molar-refractivity contribution in [2.45, 2.75) is 32.7 Å². The van der Waals surface area contributed by atoms with Crippen LogP contribution in [-0.4, -0.2) is 17.2 Å². The van der Waals surface area contributed by atoms with Crippen LogP contribution in [0.5, 0.6) is 5.75 Å². The van der Waals surface area contributed by atoms with Crippen molar-refractivity contribution in [3.8, 4) is 16.9 Å². The van der Waals surface area contributed by atoms with Gasteiger partial charge >= 0.3 is 0 Å². The number of anilines is 1. The largest absolute Gasteiger partial charge is 0.340 e. The molecule has 1 heterocycles. The van der Waals surface area contributed by atoms with E-state index in [-0.39, 0.29) is 11.9 Å². The number of hydrogen-bond donors (Lipinski definition) is 1. The fraction of sp³-hybridized carbons (Fsp3) is 0.278. The number of rotatable bonds is 2. The molecular formula is C18H19NO3. The second kappa shape index (κ2) is 5.81. The van der Waals surface area contributed by atoms with Gasteiger partial charge in [-0.3, -0.25) is 4.79 Å². The standard InChI is InChI=1S/C18H19NO3/c1-12-3-4-16-11-15(7-10-18(16)19(12)13(2)20)14-5-8-17(22-21)9-6-14/h5-12,21H,3-4H2,1-2H3. The average Bonchev–Trinajstić information content (AvgIpc) is 2.54. The van der Waals surface area contributed by atoms with Crippen LogP contribution in [0.3, 0.4) is 0 Å². The van der Waals surface area contributed by atoms with Crippen molar-refractivity contribution in [2.24, 2.45) is 0 Å². The molecule has 0 saturated carbocycles. The fourth-order valence-electron chi connectivity index (χ4n) is 3.12. The molecule has 2 aromatic carbocycles. The minimum Gasteiger partial charge on any atom is -0.340 e. The van der Waals surface area contributed by atoms with Gasteiger partial charge in [0, 0.05) is 18.7 Å². The number of hydrogen-bond acceptors (Lipinski definition) is 3. The number of amides is 1. The summed E-state index contributed by atoms with van der Waals surface area (Å²) in [5.41, 5.74) is 4.37. The van der Waals surface area contributed by atoms with Gasteiger partial charge in [0.05, 0.1) is 0 Å². The van der Waals surface area contributed by atoms with Crippen LogP contribution < -0.4 is 9.79 Å². The Balaban J connectivity index is 1.98. The van der Waals surface area contributed by atoms with E-state index in [0.717, 1.165) is 29.7 Å². The van der Waals surface area contributed by atoms with Gasteiger partial charge < -0.3 is 9.79 Å². The van der Waals surface area contributed by atoms with Crippen LogP contribution in [0, 0.1) is 0 Å². The van der Waals surface area contributed by atoms with Crippen molar-refractivity contribution < 1.29 is 14.9 Å². The molecule has 1 aliphatic rings. The van der Waals surface area contributed by atoms with Crippen LogP contribution >= 0.6 is 0 Å². The van der Waals surface area contributed by atoms with Crippen molar-refractivity contribution in [1.82, 2.24) is 0 Å². The maximum atomic E-state index is 11.9. The predicted molar refractivity (Wildman–Crippen MR) is 86.1 cm³/mol. The SMILES string of the molecule is CC(=O)N1c2ccc(-c3ccc(OO)cc3)cc2CCC1C. The van der Waals surface area contributed by atoms with Crippen LogP contribution in [-0.2, 0) is 11.2 Å². The quantitative estimate of drug-likeness (QED) is 0.675. The number of carbonyl (C=O) groups is 1. The highest BCUT2D eigenvalue weighted by molar-refractivity contribution is 5.94. The van der Waals surface area contributed by atoms with E-state index in [2.05, 4.69) is 17.9 Å². The molecular weight excluding hydrogens is 278 g/mol. The summed E-state index contributed by atoms with van der Waals surface area (Å²) < 4.78 is 0. The Labute approximate surface area is 129 Å². The van der Waals surface area contributed by atoms with Gasteiger partial charge in [0.15, 0.2) is 5.75 Å². The number of carbonyl (C=O) groups excluding carboxylic acids is 1. The summed E-state index contributed by atoms with van der Waals surface area (Å²) in [6.07, 6.45) is 1.96. The first-order chi connectivity index (χ1) is 10.6. The molecule has 1 aliphatic heterocycles. The molecule has 0 aliphatic carbocycles. The van der Waals surface area contributed by atoms with E-state index in [9.17, 15) is 4.79 Å². The minimum atomic E-state index is 0.0886. The molecule has 0 spiro atoms. The molecule has 0 fully saturated rings. The summed E-state index contributed by atoms with van der Waals surface area (Å²) in [7, 11) is 0. The molecule has 2 aromatic rings. The van der Waals surface area contributed by atoms with Crippen LogP contribution in [0.4, 0.5) is 5.69 Å². The summed E-state index contributed by atoms with van der Waals surface area (Å²) in [6, 6.07) is 13.7. The van der Waals surface area contributed by atoms with Crippen LogP contribution in [0.1, 0.15) is 25.8 Å². The van der Waals surface area contributed by atoms with Gasteiger partial charge in [-0.1, -0.05) is 18.2 Å². The maximum absolute atomic E-state index is 11.9. The first-order valence-electron chi connectivity index (χ1n) is 7.44. The zero-order chi connectivity index (χ0) is 15.7. The summed E-state index contributed by atoms with van der Waals surface area (Å²) in [6.45, 7) is 3.71. The molecule has 4 nitrogen and oxygen atoms in total. The molecule has 0 radical (unpaired) electrons. The van der Waals surface area contributed by atoms with Gasteiger partial charge in [0.25, 0.3) is 0 Å². The summed E-state index contributed by atoms with van der Waals surface area (Å²) in [4.78, 5) is 18.0. The van der Waals surface area contributed by atoms with Crippen molar-refractivity contribution in [1.29, 1.82) is 0 Å². The zero-order valence-corrected chi connectivity index (χ0v) is 12.7. The number of nitrogens with zero attached hydrogens (tertiary/aromatic N) is 1. The summed E-state index contributed by atoms with van der Waals surface area (Å²) >= 11 is 0. The van der Waals surface area contributed by atoms with Gasteiger partial charge in [0.2, 0.25) is 5.91 Å². The first-order valence-corrected chi connectivity index (χ1v) is 7.44. The van der Waals surface area contributed by atoms with Gasteiger partial charge in [-0.15, -0.1) is 0 Å². The molecule has 0 saturated heterocycles. The third kappa shape index (κ3) is 2.57. The third-order valence-electron chi connectivity index (χ3n) is 4.24. The highest BCUT2D eigenvalue weighted by Crippen LogP contribution is 2.34. The fourth-order valence-corrected chi connectivity index (χ4v) is 3.12. The lowest BCUT2D eigenvalue weighted by Crippen LogP contribution is -2.40. The molecule has 114 valence electrons. The van der Waals surface area contributed by atoms with Crippen LogP contribution in [0.25, 0.3) is 11.1 Å². The minimum absolute atomic E-state index is 0.0886.